The molecule has 10 heteroatoms. The fourth-order valence-electron chi connectivity index (χ4n) is 3.79. The molecule has 158 valence electrons. The number of hydrogen-bond acceptors (Lipinski definition) is 6. The first-order valence-corrected chi connectivity index (χ1v) is 11.9. The summed E-state index contributed by atoms with van der Waals surface area (Å²) in [5, 5.41) is 0. The van der Waals surface area contributed by atoms with Crippen LogP contribution in [0.2, 0.25) is 4.34 Å². The van der Waals surface area contributed by atoms with Gasteiger partial charge in [0.1, 0.15) is 4.21 Å². The van der Waals surface area contributed by atoms with E-state index in [0.717, 1.165) is 11.3 Å². The van der Waals surface area contributed by atoms with Crippen LogP contribution in [0.15, 0.2) is 16.3 Å². The minimum atomic E-state index is -3.57. The van der Waals surface area contributed by atoms with Crippen LogP contribution in [0.5, 0.6) is 0 Å². The molecule has 1 fully saturated rings. The van der Waals surface area contributed by atoms with Crippen LogP contribution in [0.1, 0.15) is 46.0 Å². The number of carbonyl (C=O) groups excluding carboxylic acids is 2. The summed E-state index contributed by atoms with van der Waals surface area (Å²) in [6.45, 7) is 8.36. The third kappa shape index (κ3) is 4.20. The number of H-pyrrole nitrogens is 1. The van der Waals surface area contributed by atoms with Crippen LogP contribution in [-0.2, 0) is 10.0 Å². The van der Waals surface area contributed by atoms with Gasteiger partial charge in [-0.05, 0) is 45.4 Å². The van der Waals surface area contributed by atoms with Gasteiger partial charge in [-0.3, -0.25) is 14.5 Å². The molecular weight excluding hydrogens is 434 g/mol. The third-order valence-electron chi connectivity index (χ3n) is 5.38. The molecule has 0 aliphatic carbocycles. The maximum atomic E-state index is 13.0. The zero-order valence-corrected chi connectivity index (χ0v) is 19.2. The van der Waals surface area contributed by atoms with E-state index in [1.54, 1.807) is 19.9 Å². The number of nitrogens with zero attached hydrogens (tertiary/aromatic N) is 2. The maximum Gasteiger partial charge on any atom is 0.252 e. The molecule has 0 bridgehead atoms. The second-order valence-electron chi connectivity index (χ2n) is 7.22. The number of carbonyl (C=O) groups is 2. The topological polar surface area (TPSA) is 90.6 Å². The van der Waals surface area contributed by atoms with Crippen molar-refractivity contribution in [1.29, 1.82) is 0 Å². The van der Waals surface area contributed by atoms with Crippen LogP contribution >= 0.6 is 22.9 Å². The molecule has 2 aromatic heterocycles. The fourth-order valence-corrected chi connectivity index (χ4v) is 6.85. The lowest BCUT2D eigenvalue weighted by molar-refractivity contribution is 0.0777. The van der Waals surface area contributed by atoms with E-state index < -0.39 is 16.1 Å². The third-order valence-corrected chi connectivity index (χ3v) is 8.98. The van der Waals surface area contributed by atoms with Gasteiger partial charge >= 0.3 is 0 Å². The lowest BCUT2D eigenvalue weighted by atomic mass is 10.0. The fraction of sp³-hybridized carbons (Fsp3) is 0.474. The number of piperazine rings is 1. The number of sulfonamides is 1. The largest absolute Gasteiger partial charge is 0.355 e. The van der Waals surface area contributed by atoms with Gasteiger partial charge in [0.05, 0.1) is 16.1 Å². The zero-order chi connectivity index (χ0) is 21.5. The van der Waals surface area contributed by atoms with Gasteiger partial charge in [0.15, 0.2) is 11.6 Å². The average Bonchev–Trinajstić information content (AvgIpc) is 3.24. The highest BCUT2D eigenvalue weighted by molar-refractivity contribution is 7.91. The first-order valence-electron chi connectivity index (χ1n) is 9.28. The number of aryl methyl sites for hydroxylation is 1. The summed E-state index contributed by atoms with van der Waals surface area (Å²) >= 11 is 6.92. The average molecular weight is 458 g/mol. The van der Waals surface area contributed by atoms with E-state index in [0.29, 0.717) is 53.0 Å². The van der Waals surface area contributed by atoms with Gasteiger partial charge in [-0.2, -0.15) is 4.31 Å². The molecule has 1 N–H and O–H groups in total. The first kappa shape index (κ1) is 22.2. The number of aromatic nitrogens is 1. The van der Waals surface area contributed by atoms with Crippen LogP contribution in [0.3, 0.4) is 0 Å². The zero-order valence-electron chi connectivity index (χ0n) is 16.8. The highest BCUT2D eigenvalue weighted by Gasteiger charge is 2.34. The van der Waals surface area contributed by atoms with E-state index in [2.05, 4.69) is 4.98 Å². The van der Waals surface area contributed by atoms with E-state index in [9.17, 15) is 18.0 Å². The van der Waals surface area contributed by atoms with Crippen LogP contribution in [0.4, 0.5) is 0 Å². The lowest BCUT2D eigenvalue weighted by Crippen LogP contribution is -2.53. The van der Waals surface area contributed by atoms with Crippen molar-refractivity contribution in [2.45, 2.75) is 37.9 Å². The molecule has 1 aliphatic heterocycles. The second kappa shape index (κ2) is 8.31. The number of nitrogens with one attached hydrogen (secondary N) is 1. The molecule has 0 aromatic carbocycles. The Kier molecular flexibility index (Phi) is 6.35. The summed E-state index contributed by atoms with van der Waals surface area (Å²) in [6, 6.07) is 2.67. The molecule has 0 radical (unpaired) electrons. The second-order valence-corrected chi connectivity index (χ2v) is 11.1. The van der Waals surface area contributed by atoms with E-state index in [4.69, 9.17) is 11.6 Å². The van der Waals surface area contributed by atoms with Gasteiger partial charge in [-0.25, -0.2) is 8.42 Å². The Labute approximate surface area is 179 Å². The molecule has 7 nitrogen and oxygen atoms in total. The minimum Gasteiger partial charge on any atom is -0.355 e. The van der Waals surface area contributed by atoms with Crippen molar-refractivity contribution in [2.75, 3.05) is 26.2 Å². The number of Topliss-reactive ketones (excluding diaryl/α,β-unsaturated/α-hetero) is 2. The quantitative estimate of drug-likeness (QED) is 0.673. The number of thiophene rings is 1. The Bertz CT molecular complexity index is 1050. The number of aromatic amines is 1. The van der Waals surface area contributed by atoms with Crippen molar-refractivity contribution >= 4 is 44.5 Å². The molecule has 3 heterocycles. The Morgan fingerprint density at radius 2 is 1.79 bits per heavy atom. The van der Waals surface area contributed by atoms with Crippen molar-refractivity contribution in [3.8, 4) is 0 Å². The Hall–Kier alpha value is -1.52. The number of rotatable bonds is 6. The van der Waals surface area contributed by atoms with Crippen molar-refractivity contribution in [3.05, 3.63) is 39.0 Å². The highest BCUT2D eigenvalue weighted by Crippen LogP contribution is 2.29. The molecule has 0 amide bonds. The predicted molar refractivity (Wildman–Crippen MR) is 114 cm³/mol. The lowest BCUT2D eigenvalue weighted by Gasteiger charge is -2.36. The Balaban J connectivity index is 1.70. The molecule has 2 aromatic rings. The van der Waals surface area contributed by atoms with Gasteiger partial charge in [0.2, 0.25) is 0 Å². The Morgan fingerprint density at radius 3 is 2.28 bits per heavy atom. The predicted octanol–water partition coefficient (Wildman–Crippen LogP) is 3.13. The molecule has 0 saturated carbocycles. The van der Waals surface area contributed by atoms with Crippen molar-refractivity contribution in [1.82, 2.24) is 14.2 Å². The minimum absolute atomic E-state index is 0.0737. The summed E-state index contributed by atoms with van der Waals surface area (Å²) in [4.78, 5) is 29.9. The van der Waals surface area contributed by atoms with E-state index >= 15 is 0 Å². The van der Waals surface area contributed by atoms with Gasteiger partial charge < -0.3 is 4.98 Å². The van der Waals surface area contributed by atoms with Gasteiger partial charge in [0, 0.05) is 37.4 Å². The van der Waals surface area contributed by atoms with Crippen LogP contribution in [-0.4, -0.2) is 66.4 Å². The standard InChI is InChI=1S/C19H24ClN3O4S2/c1-11-17(14(4)24)12(2)21-18(11)19(25)13(3)22-7-9-23(10-8-22)29(26,27)16-6-5-15(20)28-16/h5-6,13,21H,7-10H2,1-4H3. The van der Waals surface area contributed by atoms with Crippen molar-refractivity contribution in [2.24, 2.45) is 0 Å². The van der Waals surface area contributed by atoms with Crippen LogP contribution in [0, 0.1) is 13.8 Å². The molecule has 29 heavy (non-hydrogen) atoms. The summed E-state index contributed by atoms with van der Waals surface area (Å²) in [5.74, 6) is -0.171. The first-order chi connectivity index (χ1) is 13.5. The molecule has 1 saturated heterocycles. The van der Waals surface area contributed by atoms with E-state index in [1.807, 2.05) is 11.8 Å². The maximum absolute atomic E-state index is 13.0. The van der Waals surface area contributed by atoms with Crippen molar-refractivity contribution in [3.63, 3.8) is 0 Å². The van der Waals surface area contributed by atoms with E-state index in [1.165, 1.54) is 17.3 Å². The summed E-state index contributed by atoms with van der Waals surface area (Å²) in [6.07, 6.45) is 0. The summed E-state index contributed by atoms with van der Waals surface area (Å²) in [5.41, 5.74) is 2.37. The molecule has 0 spiro atoms. The highest BCUT2D eigenvalue weighted by atomic mass is 35.5. The van der Waals surface area contributed by atoms with E-state index in [-0.39, 0.29) is 15.8 Å². The van der Waals surface area contributed by atoms with Crippen molar-refractivity contribution < 1.29 is 18.0 Å². The number of halogens is 1. The molecular formula is C19H24ClN3O4S2. The monoisotopic (exact) mass is 457 g/mol. The summed E-state index contributed by atoms with van der Waals surface area (Å²) in [7, 11) is -3.57. The normalized spacial score (nSPS) is 17.4. The summed E-state index contributed by atoms with van der Waals surface area (Å²) < 4.78 is 27.6. The van der Waals surface area contributed by atoms with Crippen LogP contribution < -0.4 is 0 Å². The molecule has 1 unspecified atom stereocenters. The molecule has 1 atom stereocenters. The number of ketones is 2. The Morgan fingerprint density at radius 1 is 1.17 bits per heavy atom. The molecule has 3 rings (SSSR count). The molecule has 1 aliphatic rings. The van der Waals surface area contributed by atoms with Gasteiger partial charge in [-0.15, -0.1) is 11.3 Å². The smallest absolute Gasteiger partial charge is 0.252 e. The van der Waals surface area contributed by atoms with Crippen LogP contribution in [0.25, 0.3) is 0 Å². The number of hydrogen-bond donors (Lipinski definition) is 1. The van der Waals surface area contributed by atoms with Gasteiger partial charge in [0.25, 0.3) is 10.0 Å². The SMILES string of the molecule is CC(=O)c1c(C)[nH]c(C(=O)C(C)N2CCN(S(=O)(=O)c3ccc(Cl)s3)CC2)c1C. The van der Waals surface area contributed by atoms with Gasteiger partial charge in [-0.1, -0.05) is 11.6 Å².